The van der Waals surface area contributed by atoms with E-state index in [2.05, 4.69) is 6.58 Å². The molecule has 90 valence electrons. The molecule has 0 saturated heterocycles. The lowest BCUT2D eigenvalue weighted by Crippen LogP contribution is -2.10. The van der Waals surface area contributed by atoms with Gasteiger partial charge in [-0.3, -0.25) is 4.57 Å². The summed E-state index contributed by atoms with van der Waals surface area (Å²) >= 11 is 0.793. The molecule has 0 aliphatic carbocycles. The van der Waals surface area contributed by atoms with Crippen LogP contribution < -0.4 is 5.30 Å². The fraction of sp³-hybridized carbons (Fsp3) is 0.222. The van der Waals surface area contributed by atoms with Crippen molar-refractivity contribution in [2.24, 2.45) is 0 Å². The van der Waals surface area contributed by atoms with Gasteiger partial charge in [-0.25, -0.2) is 4.79 Å². The van der Waals surface area contributed by atoms with Crippen LogP contribution in [0.2, 0.25) is 0 Å². The highest BCUT2D eigenvalue weighted by atomic mass is 32.1. The molecule has 16 heavy (non-hydrogen) atoms. The van der Waals surface area contributed by atoms with E-state index in [0.717, 1.165) is 17.4 Å². The highest BCUT2D eigenvalue weighted by Crippen LogP contribution is 2.36. The average molecular weight is 264 g/mol. The van der Waals surface area contributed by atoms with Gasteiger partial charge in [-0.05, 0) is 25.3 Å². The Morgan fingerprint density at radius 1 is 1.44 bits per heavy atom. The largest absolute Gasteiger partial charge is 0.477 e. The third-order valence-corrected chi connectivity index (χ3v) is 3.21. The van der Waals surface area contributed by atoms with Crippen molar-refractivity contribution in [2.75, 3.05) is 0 Å². The van der Waals surface area contributed by atoms with Gasteiger partial charge in [0.1, 0.15) is 4.88 Å². The molecular formula is C9H13O5PS. The van der Waals surface area contributed by atoms with E-state index < -0.39 is 18.9 Å². The first-order valence-corrected chi connectivity index (χ1v) is 6.64. The number of allylic oxidation sites excluding steroid dienone is 1. The number of carboxylic acids is 1. The second-order valence-electron chi connectivity index (χ2n) is 3.19. The summed E-state index contributed by atoms with van der Waals surface area (Å²) in [7, 11) is -4.43. The SMILES string of the molecule is C=C(C)C.O=C(O)c1sccc1P(=O)(O)O. The van der Waals surface area contributed by atoms with Crippen LogP contribution in [-0.4, -0.2) is 20.9 Å². The van der Waals surface area contributed by atoms with Gasteiger partial charge in [0.05, 0.1) is 5.30 Å². The van der Waals surface area contributed by atoms with Gasteiger partial charge in [0.15, 0.2) is 0 Å². The van der Waals surface area contributed by atoms with Crippen molar-refractivity contribution >= 4 is 30.2 Å². The molecule has 0 aromatic carbocycles. The first-order valence-electron chi connectivity index (χ1n) is 4.15. The Morgan fingerprint density at radius 2 is 1.88 bits per heavy atom. The summed E-state index contributed by atoms with van der Waals surface area (Å²) in [5.41, 5.74) is 1.17. The third kappa shape index (κ3) is 5.23. The smallest absolute Gasteiger partial charge is 0.357 e. The van der Waals surface area contributed by atoms with E-state index in [9.17, 15) is 9.36 Å². The van der Waals surface area contributed by atoms with E-state index in [0.29, 0.717) is 0 Å². The second kappa shape index (κ2) is 5.96. The Bertz CT molecular complexity index is 427. The van der Waals surface area contributed by atoms with Crippen LogP contribution in [0.1, 0.15) is 23.5 Å². The maximum absolute atomic E-state index is 10.7. The Labute approximate surface area is 97.2 Å². The Kier molecular flexibility index (Phi) is 5.61. The molecule has 3 N–H and O–H groups in total. The number of hydrogen-bond donors (Lipinski definition) is 3. The fourth-order valence-electron chi connectivity index (χ4n) is 0.692. The Balaban J connectivity index is 0.000000487. The molecule has 1 rings (SSSR count). The lowest BCUT2D eigenvalue weighted by Gasteiger charge is -2.00. The van der Waals surface area contributed by atoms with Gasteiger partial charge >= 0.3 is 13.6 Å². The highest BCUT2D eigenvalue weighted by molar-refractivity contribution is 7.61. The van der Waals surface area contributed by atoms with Gasteiger partial charge in [-0.1, -0.05) is 5.57 Å². The molecule has 1 heterocycles. The van der Waals surface area contributed by atoms with E-state index in [4.69, 9.17) is 14.9 Å². The Hall–Kier alpha value is -0.940. The second-order valence-corrected chi connectivity index (χ2v) is 5.68. The van der Waals surface area contributed by atoms with Crippen LogP contribution in [-0.2, 0) is 4.57 Å². The first kappa shape index (κ1) is 15.1. The molecule has 0 saturated carbocycles. The average Bonchev–Trinajstić information content (AvgIpc) is 2.47. The van der Waals surface area contributed by atoms with Crippen molar-refractivity contribution in [3.63, 3.8) is 0 Å². The predicted molar refractivity (Wildman–Crippen MR) is 63.4 cm³/mol. The summed E-state index contributed by atoms with van der Waals surface area (Å²) in [6, 6.07) is 1.12. The van der Waals surface area contributed by atoms with E-state index in [1.165, 1.54) is 11.0 Å². The van der Waals surface area contributed by atoms with Gasteiger partial charge < -0.3 is 14.9 Å². The first-order chi connectivity index (χ1) is 7.16. The standard InChI is InChI=1S/C5H5O5PS.C4H8/c6-5(7)4-3(1-2-12-4)11(8,9)10;1-4(2)3/h1-2H,(H,6,7)(H2,8,9,10);1H2,2-3H3. The topological polar surface area (TPSA) is 94.8 Å². The van der Waals surface area contributed by atoms with Crippen LogP contribution in [0.3, 0.4) is 0 Å². The molecule has 0 aliphatic rings. The van der Waals surface area contributed by atoms with E-state index in [1.54, 1.807) is 0 Å². The number of carboxylic acid groups (broad SMARTS) is 1. The molecule has 1 aromatic rings. The minimum absolute atomic E-state index is 0.302. The summed E-state index contributed by atoms with van der Waals surface area (Å²) in [5.74, 6) is -1.32. The quantitative estimate of drug-likeness (QED) is 0.559. The maximum Gasteiger partial charge on any atom is 0.357 e. The van der Waals surface area contributed by atoms with Crippen LogP contribution in [0.25, 0.3) is 0 Å². The maximum atomic E-state index is 10.7. The van der Waals surface area contributed by atoms with Crippen LogP contribution in [0.5, 0.6) is 0 Å². The van der Waals surface area contributed by atoms with Gasteiger partial charge in [0.2, 0.25) is 0 Å². The van der Waals surface area contributed by atoms with Crippen LogP contribution >= 0.6 is 18.9 Å². The normalized spacial score (nSPS) is 10.2. The molecule has 0 unspecified atom stereocenters. The molecule has 0 spiro atoms. The van der Waals surface area contributed by atoms with Crippen molar-refractivity contribution in [3.05, 3.63) is 28.5 Å². The molecule has 0 radical (unpaired) electrons. The molecule has 1 aromatic heterocycles. The van der Waals surface area contributed by atoms with Gasteiger partial charge in [-0.2, -0.15) is 0 Å². The van der Waals surface area contributed by atoms with Crippen LogP contribution in [0, 0.1) is 0 Å². The number of rotatable bonds is 2. The molecule has 0 atom stereocenters. The van der Waals surface area contributed by atoms with Crippen molar-refractivity contribution in [2.45, 2.75) is 13.8 Å². The van der Waals surface area contributed by atoms with Crippen molar-refractivity contribution in [1.82, 2.24) is 0 Å². The molecular weight excluding hydrogens is 251 g/mol. The van der Waals surface area contributed by atoms with Crippen LogP contribution in [0.15, 0.2) is 23.6 Å². The zero-order valence-corrected chi connectivity index (χ0v) is 10.6. The van der Waals surface area contributed by atoms with Crippen molar-refractivity contribution in [3.8, 4) is 0 Å². The van der Waals surface area contributed by atoms with Crippen molar-refractivity contribution < 1.29 is 24.3 Å². The number of aromatic carboxylic acids is 1. The minimum Gasteiger partial charge on any atom is -0.477 e. The number of hydrogen-bond acceptors (Lipinski definition) is 3. The van der Waals surface area contributed by atoms with Crippen molar-refractivity contribution in [1.29, 1.82) is 0 Å². The summed E-state index contributed by atoms with van der Waals surface area (Å²) in [5, 5.41) is 9.40. The van der Waals surface area contributed by atoms with Gasteiger partial charge in [0.25, 0.3) is 0 Å². The molecule has 5 nitrogen and oxygen atoms in total. The van der Waals surface area contributed by atoms with E-state index in [-0.39, 0.29) is 4.88 Å². The summed E-state index contributed by atoms with van der Waals surface area (Å²) in [6.45, 7) is 7.50. The molecule has 0 fully saturated rings. The lowest BCUT2D eigenvalue weighted by molar-refractivity contribution is 0.0703. The van der Waals surface area contributed by atoms with E-state index in [1.807, 2.05) is 13.8 Å². The lowest BCUT2D eigenvalue weighted by atomic mass is 10.4. The Morgan fingerprint density at radius 3 is 2.12 bits per heavy atom. The fourth-order valence-corrected chi connectivity index (χ4v) is 2.57. The molecule has 0 bridgehead atoms. The summed E-state index contributed by atoms with van der Waals surface area (Å²) < 4.78 is 10.7. The zero-order chi connectivity index (χ0) is 12.9. The summed E-state index contributed by atoms with van der Waals surface area (Å²) in [4.78, 5) is 27.4. The molecule has 0 aliphatic heterocycles. The predicted octanol–water partition coefficient (Wildman–Crippen LogP) is 1.83. The molecule has 7 heteroatoms. The third-order valence-electron chi connectivity index (χ3n) is 1.15. The van der Waals surface area contributed by atoms with Gasteiger partial charge in [0, 0.05) is 0 Å². The zero-order valence-electron chi connectivity index (χ0n) is 8.88. The molecule has 0 amide bonds. The van der Waals surface area contributed by atoms with E-state index >= 15 is 0 Å². The van der Waals surface area contributed by atoms with Crippen LogP contribution in [0.4, 0.5) is 0 Å². The number of carbonyl (C=O) groups is 1. The minimum atomic E-state index is -4.43. The summed E-state index contributed by atoms with van der Waals surface area (Å²) in [6.07, 6.45) is 0. The monoisotopic (exact) mass is 264 g/mol. The highest BCUT2D eigenvalue weighted by Gasteiger charge is 2.25. The number of thiophene rings is 1. The van der Waals surface area contributed by atoms with Gasteiger partial charge in [-0.15, -0.1) is 17.9 Å².